The van der Waals surface area contributed by atoms with E-state index >= 15 is 0 Å². The molecule has 0 spiro atoms. The third kappa shape index (κ3) is 3.34. The minimum absolute atomic E-state index is 0.0385. The molecule has 0 saturated carbocycles. The van der Waals surface area contributed by atoms with Crippen LogP contribution in [-0.4, -0.2) is 36.6 Å². The number of amides is 1. The summed E-state index contributed by atoms with van der Waals surface area (Å²) in [6.45, 7) is -0.656. The summed E-state index contributed by atoms with van der Waals surface area (Å²) in [6.07, 6.45) is 1.50. The second kappa shape index (κ2) is 6.59. The Morgan fingerprint density at radius 1 is 1.57 bits per heavy atom. The Hall–Kier alpha value is -2.06. The number of aromatic nitrogens is 1. The largest absolute Gasteiger partial charge is 0.468 e. The zero-order valence-electron chi connectivity index (χ0n) is 11.3. The smallest absolute Gasteiger partial charge is 0.324 e. The fourth-order valence-electron chi connectivity index (χ4n) is 1.73. The Labute approximate surface area is 124 Å². The molecule has 0 saturated heterocycles. The lowest BCUT2D eigenvalue weighted by molar-refractivity contribution is -0.141. The molecule has 3 N–H and O–H groups in total. The first-order valence-electron chi connectivity index (χ1n) is 6.11. The van der Waals surface area contributed by atoms with Crippen molar-refractivity contribution in [3.8, 4) is 0 Å². The van der Waals surface area contributed by atoms with Gasteiger partial charge in [0, 0.05) is 18.3 Å². The highest BCUT2D eigenvalue weighted by molar-refractivity contribution is 7.21. The van der Waals surface area contributed by atoms with Crippen LogP contribution in [0, 0.1) is 0 Å². The Morgan fingerprint density at radius 2 is 2.33 bits per heavy atom. The summed E-state index contributed by atoms with van der Waals surface area (Å²) in [4.78, 5) is 27.6. The van der Waals surface area contributed by atoms with E-state index in [1.54, 1.807) is 12.1 Å². The predicted molar refractivity (Wildman–Crippen MR) is 76.8 cm³/mol. The zero-order chi connectivity index (χ0) is 15.4. The molecule has 0 unspecified atom stereocenters. The molecule has 2 heterocycles. The molecule has 0 aliphatic rings. The van der Waals surface area contributed by atoms with Crippen molar-refractivity contribution in [1.29, 1.82) is 0 Å². The zero-order valence-corrected chi connectivity index (χ0v) is 12.1. The van der Waals surface area contributed by atoms with Gasteiger partial charge in [-0.1, -0.05) is 0 Å². The summed E-state index contributed by atoms with van der Waals surface area (Å²) in [5.41, 5.74) is 6.59. The second-order valence-electron chi connectivity index (χ2n) is 4.27. The van der Waals surface area contributed by atoms with Crippen LogP contribution in [0.1, 0.15) is 15.2 Å². The minimum Gasteiger partial charge on any atom is -0.468 e. The maximum Gasteiger partial charge on any atom is 0.324 e. The molecule has 1 atom stereocenters. The van der Waals surface area contributed by atoms with E-state index in [1.807, 2.05) is 0 Å². The number of thiophene rings is 1. The molecule has 8 heteroatoms. The molecule has 1 amide bonds. The van der Waals surface area contributed by atoms with E-state index in [9.17, 15) is 14.0 Å². The maximum atomic E-state index is 12.9. The molecular weight excluding hydrogens is 297 g/mol. The average Bonchev–Trinajstić information content (AvgIpc) is 2.95. The number of nitrogens with zero attached hydrogens (tertiary/aromatic N) is 1. The van der Waals surface area contributed by atoms with Crippen LogP contribution in [0.25, 0.3) is 10.2 Å². The SMILES string of the molecule is COC(=O)[C@H](N)CNC(=O)c1cc2nccc(CF)c2s1. The van der Waals surface area contributed by atoms with Crippen molar-refractivity contribution in [3.63, 3.8) is 0 Å². The second-order valence-corrected chi connectivity index (χ2v) is 5.32. The van der Waals surface area contributed by atoms with Crippen molar-refractivity contribution in [2.24, 2.45) is 5.73 Å². The van der Waals surface area contributed by atoms with Crippen LogP contribution in [0.5, 0.6) is 0 Å². The van der Waals surface area contributed by atoms with Crippen LogP contribution in [-0.2, 0) is 16.2 Å². The molecule has 0 aliphatic heterocycles. The third-order valence-corrected chi connectivity index (χ3v) is 4.05. The Bertz CT molecular complexity index is 674. The summed E-state index contributed by atoms with van der Waals surface area (Å²) in [6, 6.07) is 2.24. The molecule has 0 fully saturated rings. The fourth-order valence-corrected chi connectivity index (χ4v) is 2.76. The van der Waals surface area contributed by atoms with Crippen LogP contribution in [0.2, 0.25) is 0 Å². The van der Waals surface area contributed by atoms with E-state index in [-0.39, 0.29) is 12.5 Å². The number of methoxy groups -OCH3 is 1. The van der Waals surface area contributed by atoms with E-state index in [1.165, 1.54) is 13.3 Å². The van der Waals surface area contributed by atoms with Gasteiger partial charge in [-0.2, -0.15) is 0 Å². The lowest BCUT2D eigenvalue weighted by atomic mass is 10.2. The number of nitrogens with two attached hydrogens (primary N) is 1. The first-order valence-corrected chi connectivity index (χ1v) is 6.93. The van der Waals surface area contributed by atoms with E-state index < -0.39 is 18.7 Å². The van der Waals surface area contributed by atoms with Crippen molar-refractivity contribution in [3.05, 3.63) is 28.8 Å². The van der Waals surface area contributed by atoms with Crippen LogP contribution in [0.15, 0.2) is 18.3 Å². The van der Waals surface area contributed by atoms with Crippen molar-refractivity contribution in [2.45, 2.75) is 12.7 Å². The molecule has 0 aromatic carbocycles. The molecule has 2 aromatic rings. The number of esters is 1. The number of hydrogen-bond acceptors (Lipinski definition) is 6. The van der Waals surface area contributed by atoms with Crippen molar-refractivity contribution in [1.82, 2.24) is 10.3 Å². The quantitative estimate of drug-likeness (QED) is 0.803. The van der Waals surface area contributed by atoms with Gasteiger partial charge in [0.15, 0.2) is 0 Å². The number of fused-ring (bicyclic) bond motifs is 1. The van der Waals surface area contributed by atoms with Crippen molar-refractivity contribution < 1.29 is 18.7 Å². The third-order valence-electron chi connectivity index (χ3n) is 2.85. The highest BCUT2D eigenvalue weighted by Crippen LogP contribution is 2.27. The number of nitrogens with one attached hydrogen (secondary N) is 1. The number of pyridine rings is 1. The van der Waals surface area contributed by atoms with E-state index in [4.69, 9.17) is 5.73 Å². The average molecular weight is 311 g/mol. The molecule has 21 heavy (non-hydrogen) atoms. The van der Waals surface area contributed by atoms with Crippen LogP contribution in [0.4, 0.5) is 4.39 Å². The first-order chi connectivity index (χ1) is 10.1. The number of ether oxygens (including phenoxy) is 1. The van der Waals surface area contributed by atoms with E-state index in [2.05, 4.69) is 15.0 Å². The Balaban J connectivity index is 2.11. The highest BCUT2D eigenvalue weighted by Gasteiger charge is 2.17. The van der Waals surface area contributed by atoms with Crippen LogP contribution >= 0.6 is 11.3 Å². The van der Waals surface area contributed by atoms with Gasteiger partial charge in [0.25, 0.3) is 5.91 Å². The topological polar surface area (TPSA) is 94.3 Å². The number of carbonyl (C=O) groups excluding carboxylic acids is 2. The predicted octanol–water partition coefficient (Wildman–Crippen LogP) is 0.996. The fraction of sp³-hybridized carbons (Fsp3) is 0.308. The lowest BCUT2D eigenvalue weighted by Gasteiger charge is -2.09. The summed E-state index contributed by atoms with van der Waals surface area (Å²) in [5.74, 6) is -0.991. The first kappa shape index (κ1) is 15.3. The molecule has 0 bridgehead atoms. The van der Waals surface area contributed by atoms with Gasteiger partial charge in [0.05, 0.1) is 22.2 Å². The van der Waals surface area contributed by atoms with Gasteiger partial charge in [0.1, 0.15) is 12.7 Å². The minimum atomic E-state index is -0.923. The normalized spacial score (nSPS) is 12.1. The number of halogens is 1. The molecule has 112 valence electrons. The van der Waals surface area contributed by atoms with Crippen LogP contribution < -0.4 is 11.1 Å². The van der Waals surface area contributed by atoms with Crippen LogP contribution in [0.3, 0.4) is 0 Å². The van der Waals surface area contributed by atoms with E-state index in [0.29, 0.717) is 20.7 Å². The lowest BCUT2D eigenvalue weighted by Crippen LogP contribution is -2.42. The van der Waals surface area contributed by atoms with Gasteiger partial charge >= 0.3 is 5.97 Å². The number of hydrogen-bond donors (Lipinski definition) is 2. The summed E-state index contributed by atoms with van der Waals surface area (Å²) in [7, 11) is 1.22. The Kier molecular flexibility index (Phi) is 4.81. The van der Waals surface area contributed by atoms with Gasteiger partial charge in [-0.25, -0.2) is 4.39 Å². The summed E-state index contributed by atoms with van der Waals surface area (Å²) >= 11 is 1.15. The van der Waals surface area contributed by atoms with E-state index in [0.717, 1.165) is 11.3 Å². The molecule has 0 aliphatic carbocycles. The van der Waals surface area contributed by atoms with Crippen molar-refractivity contribution in [2.75, 3.05) is 13.7 Å². The summed E-state index contributed by atoms with van der Waals surface area (Å²) < 4.78 is 18.0. The van der Waals surface area contributed by atoms with Gasteiger partial charge in [0.2, 0.25) is 0 Å². The molecule has 0 radical (unpaired) electrons. The van der Waals surface area contributed by atoms with Gasteiger partial charge in [-0.15, -0.1) is 11.3 Å². The number of carbonyl (C=O) groups is 2. The molecular formula is C13H14FN3O3S. The van der Waals surface area contributed by atoms with Gasteiger partial charge < -0.3 is 15.8 Å². The molecule has 2 aromatic heterocycles. The summed E-state index contributed by atoms with van der Waals surface area (Å²) in [5, 5.41) is 2.54. The van der Waals surface area contributed by atoms with Gasteiger partial charge in [-0.05, 0) is 12.1 Å². The Morgan fingerprint density at radius 3 is 3.00 bits per heavy atom. The standard InChI is InChI=1S/C13H14FN3O3S/c1-20-13(19)8(15)6-17-12(18)10-4-9-11(21-10)7(5-14)2-3-16-9/h2-4,8H,5-6,15H2,1H3,(H,17,18)/t8-/m1/s1. The molecule has 2 rings (SSSR count). The maximum absolute atomic E-state index is 12.9. The van der Waals surface area contributed by atoms with Crippen molar-refractivity contribution >= 4 is 33.4 Å². The van der Waals surface area contributed by atoms with Gasteiger partial charge in [-0.3, -0.25) is 14.6 Å². The highest BCUT2D eigenvalue weighted by atomic mass is 32.1. The number of rotatable bonds is 5. The monoisotopic (exact) mass is 311 g/mol. The molecule has 6 nitrogen and oxygen atoms in total. The number of alkyl halides is 1.